The van der Waals surface area contributed by atoms with Gasteiger partial charge in [-0.25, -0.2) is 4.79 Å². The summed E-state index contributed by atoms with van der Waals surface area (Å²) < 4.78 is 5.20. The molecule has 1 aliphatic rings. The maximum Gasteiger partial charge on any atom is 0.332 e. The lowest BCUT2D eigenvalue weighted by Crippen LogP contribution is -2.29. The number of carboxylic acid groups (broad SMARTS) is 1. The maximum absolute atomic E-state index is 12.0. The molecule has 108 valence electrons. The van der Waals surface area contributed by atoms with Crippen molar-refractivity contribution in [3.63, 3.8) is 0 Å². The average Bonchev–Trinajstić information content (AvgIpc) is 2.91. The SMILES string of the molecule is CSCc1ccc(NC(=O)[C@@H]2CC[C@H](C(=O)O)O2)cc1. The molecule has 1 aromatic rings. The number of rotatable bonds is 5. The van der Waals surface area contributed by atoms with Crippen LogP contribution in [0.15, 0.2) is 24.3 Å². The molecule has 0 unspecified atom stereocenters. The van der Waals surface area contributed by atoms with Gasteiger partial charge in [-0.15, -0.1) is 0 Å². The van der Waals surface area contributed by atoms with Crippen molar-refractivity contribution >= 4 is 29.3 Å². The van der Waals surface area contributed by atoms with E-state index >= 15 is 0 Å². The minimum Gasteiger partial charge on any atom is -0.479 e. The van der Waals surface area contributed by atoms with Crippen LogP contribution in [-0.2, 0) is 20.1 Å². The van der Waals surface area contributed by atoms with Gasteiger partial charge in [0.05, 0.1) is 0 Å². The predicted molar refractivity (Wildman–Crippen MR) is 77.8 cm³/mol. The van der Waals surface area contributed by atoms with Gasteiger partial charge in [-0.3, -0.25) is 4.79 Å². The zero-order chi connectivity index (χ0) is 14.5. The molecule has 0 aliphatic carbocycles. The molecule has 1 amide bonds. The lowest BCUT2D eigenvalue weighted by Gasteiger charge is -2.12. The monoisotopic (exact) mass is 295 g/mol. The van der Waals surface area contributed by atoms with Crippen LogP contribution in [0.2, 0.25) is 0 Å². The Morgan fingerprint density at radius 3 is 2.50 bits per heavy atom. The lowest BCUT2D eigenvalue weighted by atomic mass is 10.2. The summed E-state index contributed by atoms with van der Waals surface area (Å²) in [4.78, 5) is 22.7. The number of carbonyl (C=O) groups is 2. The molecule has 5 nitrogen and oxygen atoms in total. The molecule has 0 radical (unpaired) electrons. The molecule has 1 saturated heterocycles. The lowest BCUT2D eigenvalue weighted by molar-refractivity contribution is -0.150. The molecule has 1 aromatic carbocycles. The molecule has 2 atom stereocenters. The van der Waals surface area contributed by atoms with E-state index in [4.69, 9.17) is 9.84 Å². The number of nitrogens with one attached hydrogen (secondary N) is 1. The van der Waals surface area contributed by atoms with Crippen LogP contribution in [0.1, 0.15) is 18.4 Å². The predicted octanol–water partition coefficient (Wildman–Crippen LogP) is 2.12. The smallest absolute Gasteiger partial charge is 0.332 e. The van der Waals surface area contributed by atoms with Crippen LogP contribution in [0.4, 0.5) is 5.69 Å². The van der Waals surface area contributed by atoms with Gasteiger partial charge in [-0.05, 0) is 36.8 Å². The van der Waals surface area contributed by atoms with E-state index in [0.29, 0.717) is 18.5 Å². The summed E-state index contributed by atoms with van der Waals surface area (Å²) in [7, 11) is 0. The summed E-state index contributed by atoms with van der Waals surface area (Å²) in [6.45, 7) is 0. The molecule has 6 heteroatoms. The van der Waals surface area contributed by atoms with Gasteiger partial charge in [-0.2, -0.15) is 11.8 Å². The van der Waals surface area contributed by atoms with Gasteiger partial charge in [0.1, 0.15) is 6.10 Å². The van der Waals surface area contributed by atoms with Crippen LogP contribution in [-0.4, -0.2) is 35.4 Å². The molecule has 2 rings (SSSR count). The van der Waals surface area contributed by atoms with Crippen LogP contribution >= 0.6 is 11.8 Å². The van der Waals surface area contributed by atoms with Crippen LogP contribution in [0.25, 0.3) is 0 Å². The van der Waals surface area contributed by atoms with Crippen LogP contribution in [0.5, 0.6) is 0 Å². The Bertz CT molecular complexity index is 488. The summed E-state index contributed by atoms with van der Waals surface area (Å²) >= 11 is 1.73. The number of ether oxygens (including phenoxy) is 1. The van der Waals surface area contributed by atoms with Crippen molar-refractivity contribution in [2.24, 2.45) is 0 Å². The Morgan fingerprint density at radius 2 is 1.95 bits per heavy atom. The van der Waals surface area contributed by atoms with Crippen LogP contribution in [0, 0.1) is 0 Å². The number of carboxylic acids is 1. The van der Waals surface area contributed by atoms with Crippen molar-refractivity contribution in [3.8, 4) is 0 Å². The van der Waals surface area contributed by atoms with E-state index in [1.807, 2.05) is 30.5 Å². The molecule has 0 saturated carbocycles. The fourth-order valence-electron chi connectivity index (χ4n) is 2.09. The first-order valence-corrected chi connectivity index (χ1v) is 7.76. The minimum absolute atomic E-state index is 0.286. The van der Waals surface area contributed by atoms with E-state index in [2.05, 4.69) is 5.32 Å². The first-order valence-electron chi connectivity index (χ1n) is 6.37. The second-order valence-electron chi connectivity index (χ2n) is 4.65. The Hall–Kier alpha value is -1.53. The molecular weight excluding hydrogens is 278 g/mol. The van der Waals surface area contributed by atoms with Crippen molar-refractivity contribution < 1.29 is 19.4 Å². The van der Waals surface area contributed by atoms with Crippen LogP contribution in [0.3, 0.4) is 0 Å². The van der Waals surface area contributed by atoms with E-state index < -0.39 is 18.2 Å². The number of benzene rings is 1. The second kappa shape index (κ2) is 6.76. The van der Waals surface area contributed by atoms with Gasteiger partial charge in [0, 0.05) is 11.4 Å². The van der Waals surface area contributed by atoms with E-state index in [0.717, 1.165) is 5.75 Å². The quantitative estimate of drug-likeness (QED) is 0.870. The number of thioether (sulfide) groups is 1. The molecule has 0 aromatic heterocycles. The average molecular weight is 295 g/mol. The van der Waals surface area contributed by atoms with Gasteiger partial charge in [0.2, 0.25) is 0 Å². The number of aliphatic carboxylic acids is 1. The Balaban J connectivity index is 1.90. The van der Waals surface area contributed by atoms with Gasteiger partial charge in [-0.1, -0.05) is 12.1 Å². The van der Waals surface area contributed by atoms with E-state index in [1.54, 1.807) is 11.8 Å². The largest absolute Gasteiger partial charge is 0.479 e. The third-order valence-electron chi connectivity index (χ3n) is 3.12. The summed E-state index contributed by atoms with van der Waals surface area (Å²) in [5.41, 5.74) is 1.89. The Morgan fingerprint density at radius 1 is 1.30 bits per heavy atom. The number of hydrogen-bond donors (Lipinski definition) is 2. The maximum atomic E-state index is 12.0. The fourth-order valence-corrected chi connectivity index (χ4v) is 2.61. The topological polar surface area (TPSA) is 75.6 Å². The highest BCUT2D eigenvalue weighted by Crippen LogP contribution is 2.21. The molecular formula is C14H17NO4S. The van der Waals surface area contributed by atoms with Gasteiger partial charge >= 0.3 is 5.97 Å². The third kappa shape index (κ3) is 3.74. The number of amides is 1. The molecule has 1 fully saturated rings. The Kier molecular flexibility index (Phi) is 5.03. The van der Waals surface area contributed by atoms with E-state index in [9.17, 15) is 9.59 Å². The third-order valence-corrected chi connectivity index (χ3v) is 3.74. The fraction of sp³-hybridized carbons (Fsp3) is 0.429. The van der Waals surface area contributed by atoms with E-state index in [-0.39, 0.29) is 5.91 Å². The Labute approximate surface area is 121 Å². The van der Waals surface area contributed by atoms with Crippen molar-refractivity contribution in [1.29, 1.82) is 0 Å². The van der Waals surface area contributed by atoms with Crippen molar-refractivity contribution in [3.05, 3.63) is 29.8 Å². The minimum atomic E-state index is -1.01. The normalized spacial score (nSPS) is 21.6. The zero-order valence-corrected chi connectivity index (χ0v) is 12.0. The summed E-state index contributed by atoms with van der Waals surface area (Å²) in [6.07, 6.45) is 1.30. The standard InChI is InChI=1S/C14H17NO4S/c1-20-8-9-2-4-10(5-3-9)15-13(16)11-6-7-12(19-11)14(17)18/h2-5,11-12H,6-8H2,1H3,(H,15,16)(H,17,18)/t11-,12+/m0/s1. The molecule has 0 spiro atoms. The molecule has 1 aliphatic heterocycles. The van der Waals surface area contributed by atoms with Crippen molar-refractivity contribution in [1.82, 2.24) is 0 Å². The highest BCUT2D eigenvalue weighted by atomic mass is 32.2. The highest BCUT2D eigenvalue weighted by Gasteiger charge is 2.34. The number of hydrogen-bond acceptors (Lipinski definition) is 4. The number of anilines is 1. The second-order valence-corrected chi connectivity index (χ2v) is 5.51. The first-order chi connectivity index (χ1) is 9.60. The highest BCUT2D eigenvalue weighted by molar-refractivity contribution is 7.97. The molecule has 1 heterocycles. The summed E-state index contributed by atoms with van der Waals surface area (Å²) in [5.74, 6) is -0.367. The molecule has 2 N–H and O–H groups in total. The summed E-state index contributed by atoms with van der Waals surface area (Å²) in [5, 5.41) is 11.6. The van der Waals surface area contributed by atoms with Gasteiger partial charge < -0.3 is 15.2 Å². The van der Waals surface area contributed by atoms with Crippen molar-refractivity contribution in [2.45, 2.75) is 30.8 Å². The first kappa shape index (κ1) is 14.9. The molecule has 0 bridgehead atoms. The number of carbonyl (C=O) groups excluding carboxylic acids is 1. The van der Waals surface area contributed by atoms with Crippen molar-refractivity contribution in [2.75, 3.05) is 11.6 Å². The van der Waals surface area contributed by atoms with Gasteiger partial charge in [0.15, 0.2) is 6.10 Å². The van der Waals surface area contributed by atoms with E-state index in [1.165, 1.54) is 5.56 Å². The summed E-state index contributed by atoms with van der Waals surface area (Å²) in [6, 6.07) is 7.60. The van der Waals surface area contributed by atoms with Crippen LogP contribution < -0.4 is 5.32 Å². The molecule has 20 heavy (non-hydrogen) atoms. The zero-order valence-electron chi connectivity index (χ0n) is 11.2. The van der Waals surface area contributed by atoms with Gasteiger partial charge in [0.25, 0.3) is 5.91 Å².